The van der Waals surface area contributed by atoms with Crippen molar-refractivity contribution in [2.75, 3.05) is 11.9 Å². The monoisotopic (exact) mass is 328 g/mol. The predicted molar refractivity (Wildman–Crippen MR) is 96.3 cm³/mol. The molecular weight excluding hydrogens is 308 g/mol. The standard InChI is InChI=1S/C19H21ClN2O/c1-19(2,3)14-9-10-17-16(11-14)21-18(23-17)22(4)12-13-7-5-6-8-15(13)20/h5-11H,12H2,1-4H3. The molecule has 1 aromatic heterocycles. The number of nitrogens with zero attached hydrogens (tertiary/aromatic N) is 2. The van der Waals surface area contributed by atoms with E-state index in [1.54, 1.807) is 0 Å². The third-order valence-corrected chi connectivity index (χ3v) is 4.30. The minimum Gasteiger partial charge on any atom is -0.423 e. The van der Waals surface area contributed by atoms with E-state index in [2.05, 4.69) is 37.9 Å². The summed E-state index contributed by atoms with van der Waals surface area (Å²) < 4.78 is 5.88. The van der Waals surface area contributed by atoms with Gasteiger partial charge in [-0.25, -0.2) is 0 Å². The van der Waals surface area contributed by atoms with Crippen LogP contribution in [-0.4, -0.2) is 12.0 Å². The van der Waals surface area contributed by atoms with Gasteiger partial charge < -0.3 is 9.32 Å². The van der Waals surface area contributed by atoms with E-state index in [-0.39, 0.29) is 5.41 Å². The Labute approximate surface area is 141 Å². The van der Waals surface area contributed by atoms with Crippen molar-refractivity contribution in [3.63, 3.8) is 0 Å². The van der Waals surface area contributed by atoms with Gasteiger partial charge in [-0.2, -0.15) is 4.98 Å². The summed E-state index contributed by atoms with van der Waals surface area (Å²) in [6, 6.07) is 14.6. The van der Waals surface area contributed by atoms with Crippen molar-refractivity contribution in [3.8, 4) is 0 Å². The average molecular weight is 329 g/mol. The molecule has 4 heteroatoms. The van der Waals surface area contributed by atoms with Gasteiger partial charge >= 0.3 is 0 Å². The summed E-state index contributed by atoms with van der Waals surface area (Å²) in [5.41, 5.74) is 4.09. The Morgan fingerprint density at radius 1 is 1.13 bits per heavy atom. The molecule has 0 atom stereocenters. The van der Waals surface area contributed by atoms with E-state index in [0.717, 1.165) is 21.7 Å². The molecule has 1 heterocycles. The van der Waals surface area contributed by atoms with E-state index >= 15 is 0 Å². The molecule has 120 valence electrons. The fourth-order valence-electron chi connectivity index (χ4n) is 2.49. The smallest absolute Gasteiger partial charge is 0.298 e. The second-order valence-corrected chi connectivity index (χ2v) is 7.28. The molecule has 0 unspecified atom stereocenters. The Bertz CT molecular complexity index is 833. The normalized spacial score (nSPS) is 11.9. The van der Waals surface area contributed by atoms with E-state index in [9.17, 15) is 0 Å². The topological polar surface area (TPSA) is 29.3 Å². The molecule has 0 N–H and O–H groups in total. The number of benzene rings is 2. The summed E-state index contributed by atoms with van der Waals surface area (Å²) in [6.07, 6.45) is 0. The van der Waals surface area contributed by atoms with E-state index in [0.29, 0.717) is 12.6 Å². The van der Waals surface area contributed by atoms with Crippen LogP contribution < -0.4 is 4.90 Å². The second-order valence-electron chi connectivity index (χ2n) is 6.88. The molecule has 0 aliphatic carbocycles. The molecule has 3 aromatic rings. The fraction of sp³-hybridized carbons (Fsp3) is 0.316. The molecule has 0 radical (unpaired) electrons. The van der Waals surface area contributed by atoms with Gasteiger partial charge in [0.05, 0.1) is 0 Å². The number of rotatable bonds is 3. The van der Waals surface area contributed by atoms with Gasteiger partial charge in [0.25, 0.3) is 6.01 Å². The second kappa shape index (κ2) is 5.89. The summed E-state index contributed by atoms with van der Waals surface area (Å²) in [5.74, 6) is 0. The molecule has 23 heavy (non-hydrogen) atoms. The molecule has 0 spiro atoms. The molecular formula is C19H21ClN2O. The van der Waals surface area contributed by atoms with Crippen LogP contribution in [0.15, 0.2) is 46.9 Å². The van der Waals surface area contributed by atoms with Gasteiger partial charge in [0.1, 0.15) is 5.52 Å². The van der Waals surface area contributed by atoms with Crippen molar-refractivity contribution in [1.29, 1.82) is 0 Å². The third kappa shape index (κ3) is 3.35. The molecule has 2 aromatic carbocycles. The lowest BCUT2D eigenvalue weighted by molar-refractivity contribution is 0.580. The van der Waals surface area contributed by atoms with Crippen LogP contribution in [-0.2, 0) is 12.0 Å². The first-order chi connectivity index (χ1) is 10.8. The minimum absolute atomic E-state index is 0.0940. The van der Waals surface area contributed by atoms with Crippen LogP contribution in [0.4, 0.5) is 6.01 Å². The summed E-state index contributed by atoms with van der Waals surface area (Å²) >= 11 is 6.23. The molecule has 3 rings (SSSR count). The predicted octanol–water partition coefficient (Wildman–Crippen LogP) is 5.42. The number of hydrogen-bond donors (Lipinski definition) is 0. The van der Waals surface area contributed by atoms with Gasteiger partial charge in [0, 0.05) is 18.6 Å². The van der Waals surface area contributed by atoms with Crippen LogP contribution in [0.2, 0.25) is 5.02 Å². The van der Waals surface area contributed by atoms with Crippen LogP contribution in [0.5, 0.6) is 0 Å². The van der Waals surface area contributed by atoms with E-state index in [1.165, 1.54) is 5.56 Å². The quantitative estimate of drug-likeness (QED) is 0.643. The lowest BCUT2D eigenvalue weighted by atomic mass is 9.87. The largest absolute Gasteiger partial charge is 0.423 e. The van der Waals surface area contributed by atoms with E-state index in [4.69, 9.17) is 16.0 Å². The maximum atomic E-state index is 6.23. The molecule has 0 aliphatic rings. The minimum atomic E-state index is 0.0940. The average Bonchev–Trinajstić information content (AvgIpc) is 2.92. The fourth-order valence-corrected chi connectivity index (χ4v) is 2.69. The van der Waals surface area contributed by atoms with Gasteiger partial charge in [0.15, 0.2) is 5.58 Å². The lowest BCUT2D eigenvalue weighted by Crippen LogP contribution is -2.16. The zero-order valence-corrected chi connectivity index (χ0v) is 14.7. The zero-order valence-electron chi connectivity index (χ0n) is 13.9. The molecule has 0 aliphatic heterocycles. The highest BCUT2D eigenvalue weighted by Crippen LogP contribution is 2.29. The molecule has 0 saturated heterocycles. The number of anilines is 1. The van der Waals surface area contributed by atoms with Crippen molar-refractivity contribution in [1.82, 2.24) is 4.98 Å². The van der Waals surface area contributed by atoms with Crippen molar-refractivity contribution in [2.45, 2.75) is 32.7 Å². The van der Waals surface area contributed by atoms with Gasteiger partial charge in [-0.1, -0.05) is 56.6 Å². The molecule has 3 nitrogen and oxygen atoms in total. The number of fused-ring (bicyclic) bond motifs is 1. The number of hydrogen-bond acceptors (Lipinski definition) is 3. The SMILES string of the molecule is CN(Cc1ccccc1Cl)c1nc2cc(C(C)(C)C)ccc2o1. The lowest BCUT2D eigenvalue weighted by Gasteiger charge is -2.18. The van der Waals surface area contributed by atoms with Crippen LogP contribution in [0.1, 0.15) is 31.9 Å². The summed E-state index contributed by atoms with van der Waals surface area (Å²) in [5, 5.41) is 0.755. The molecule has 0 bridgehead atoms. The first kappa shape index (κ1) is 15.9. The maximum Gasteiger partial charge on any atom is 0.298 e. The van der Waals surface area contributed by atoms with Gasteiger partial charge in [0.2, 0.25) is 0 Å². The number of halogens is 1. The van der Waals surface area contributed by atoms with E-state index < -0.39 is 0 Å². The maximum absolute atomic E-state index is 6.23. The van der Waals surface area contributed by atoms with Crippen molar-refractivity contribution < 1.29 is 4.42 Å². The number of aromatic nitrogens is 1. The van der Waals surface area contributed by atoms with Gasteiger partial charge in [-0.05, 0) is 34.7 Å². The summed E-state index contributed by atoms with van der Waals surface area (Å²) in [6.45, 7) is 7.23. The first-order valence-electron chi connectivity index (χ1n) is 7.70. The summed E-state index contributed by atoms with van der Waals surface area (Å²) in [4.78, 5) is 6.60. The third-order valence-electron chi connectivity index (χ3n) is 3.93. The highest BCUT2D eigenvalue weighted by Gasteiger charge is 2.17. The molecule has 0 amide bonds. The van der Waals surface area contributed by atoms with Gasteiger partial charge in [-0.15, -0.1) is 0 Å². The van der Waals surface area contributed by atoms with Crippen molar-refractivity contribution in [3.05, 3.63) is 58.6 Å². The Hall–Kier alpha value is -2.00. The van der Waals surface area contributed by atoms with Crippen molar-refractivity contribution >= 4 is 28.7 Å². The Kier molecular flexibility index (Phi) is 4.07. The Morgan fingerprint density at radius 2 is 1.87 bits per heavy atom. The van der Waals surface area contributed by atoms with E-state index in [1.807, 2.05) is 42.3 Å². The number of oxazole rings is 1. The molecule has 0 saturated carbocycles. The van der Waals surface area contributed by atoms with Crippen molar-refractivity contribution in [2.24, 2.45) is 0 Å². The Balaban J connectivity index is 1.89. The van der Waals surface area contributed by atoms with Crippen LogP contribution in [0, 0.1) is 0 Å². The van der Waals surface area contributed by atoms with Crippen LogP contribution >= 0.6 is 11.6 Å². The van der Waals surface area contributed by atoms with Crippen LogP contribution in [0.25, 0.3) is 11.1 Å². The summed E-state index contributed by atoms with van der Waals surface area (Å²) in [7, 11) is 1.96. The van der Waals surface area contributed by atoms with Crippen LogP contribution in [0.3, 0.4) is 0 Å². The Morgan fingerprint density at radius 3 is 2.57 bits per heavy atom. The van der Waals surface area contributed by atoms with Gasteiger partial charge in [-0.3, -0.25) is 0 Å². The first-order valence-corrected chi connectivity index (χ1v) is 8.08. The highest BCUT2D eigenvalue weighted by atomic mass is 35.5. The molecule has 0 fully saturated rings. The zero-order chi connectivity index (χ0) is 16.6. The highest BCUT2D eigenvalue weighted by molar-refractivity contribution is 6.31.